The lowest BCUT2D eigenvalue weighted by molar-refractivity contribution is -0.562. The standard InChI is InChI=1S/C34H31F2N5O4/c1-40(44)24-7-9-25(10-8-24)45-26-15-22(14-23(17-26)29-19-38-32-27(29)4-2-12-37-32)18-39-33(42)28-5-3-13-41(34(28)43)20-21-6-11-30(35)31(36)16-21/h2-6,11-17,19,24-25H,7-10,18,20H2,1H3,(H-,37,38,39,42)/p+1. The fourth-order valence-electron chi connectivity index (χ4n) is 5.85. The van der Waals surface area contributed by atoms with Crippen LogP contribution in [0.2, 0.25) is 0 Å². The third-order valence-corrected chi connectivity index (χ3v) is 8.24. The summed E-state index contributed by atoms with van der Waals surface area (Å²) in [6.07, 6.45) is 8.08. The number of aromatic amines is 1. The summed E-state index contributed by atoms with van der Waals surface area (Å²) in [6, 6.07) is 16.0. The van der Waals surface area contributed by atoms with Crippen LogP contribution in [0.5, 0.6) is 5.75 Å². The summed E-state index contributed by atoms with van der Waals surface area (Å²) in [6.45, 7) is 0.0985. The van der Waals surface area contributed by atoms with Gasteiger partial charge in [-0.1, -0.05) is 6.07 Å². The molecule has 0 aliphatic heterocycles. The first-order valence-corrected chi connectivity index (χ1v) is 14.8. The number of amides is 1. The Bertz CT molecular complexity index is 1940. The molecule has 45 heavy (non-hydrogen) atoms. The molecule has 1 fully saturated rings. The van der Waals surface area contributed by atoms with Gasteiger partial charge in [0.05, 0.1) is 12.6 Å². The quantitative estimate of drug-likeness (QED) is 0.206. The second kappa shape index (κ2) is 12.8. The molecule has 230 valence electrons. The molecule has 3 heterocycles. The van der Waals surface area contributed by atoms with Crippen molar-refractivity contribution >= 4 is 16.9 Å². The average Bonchev–Trinajstić information content (AvgIpc) is 3.47. The number of ether oxygens (including phenoxy) is 1. The summed E-state index contributed by atoms with van der Waals surface area (Å²) in [4.78, 5) is 45.7. The van der Waals surface area contributed by atoms with Crippen LogP contribution in [0.15, 0.2) is 84.0 Å². The summed E-state index contributed by atoms with van der Waals surface area (Å²) in [5, 5.41) is 3.78. The fourth-order valence-corrected chi connectivity index (χ4v) is 5.85. The molecule has 0 unspecified atom stereocenters. The molecule has 1 amide bonds. The third kappa shape index (κ3) is 6.67. The van der Waals surface area contributed by atoms with Gasteiger partial charge in [0, 0.05) is 53.8 Å². The maximum absolute atomic E-state index is 13.7. The molecule has 1 saturated carbocycles. The number of nitroso groups, excluding NO2 is 1. The van der Waals surface area contributed by atoms with E-state index in [4.69, 9.17) is 4.74 Å². The van der Waals surface area contributed by atoms with Crippen molar-refractivity contribution in [1.29, 1.82) is 0 Å². The lowest BCUT2D eigenvalue weighted by atomic mass is 9.93. The number of nitrogens with zero attached hydrogens (tertiary/aromatic N) is 3. The van der Waals surface area contributed by atoms with Gasteiger partial charge < -0.3 is 19.6 Å². The van der Waals surface area contributed by atoms with Crippen LogP contribution in [0.25, 0.3) is 22.2 Å². The molecule has 3 aromatic heterocycles. The number of H-pyrrole nitrogens is 1. The zero-order chi connectivity index (χ0) is 31.5. The van der Waals surface area contributed by atoms with Gasteiger partial charge >= 0.3 is 0 Å². The molecule has 0 radical (unpaired) electrons. The van der Waals surface area contributed by atoms with Crippen LogP contribution in [-0.2, 0) is 13.1 Å². The van der Waals surface area contributed by atoms with Crippen molar-refractivity contribution in [3.63, 3.8) is 0 Å². The Hall–Kier alpha value is -5.19. The minimum Gasteiger partial charge on any atom is -0.490 e. The van der Waals surface area contributed by atoms with Gasteiger partial charge in [0.25, 0.3) is 11.5 Å². The topological polar surface area (TPSA) is 109 Å². The number of pyridine rings is 2. The second-order valence-corrected chi connectivity index (χ2v) is 11.3. The normalized spacial score (nSPS) is 16.4. The second-order valence-electron chi connectivity index (χ2n) is 11.3. The summed E-state index contributed by atoms with van der Waals surface area (Å²) in [5.74, 6) is -1.91. The molecule has 1 aliphatic carbocycles. The van der Waals surface area contributed by atoms with E-state index in [-0.39, 0.29) is 30.8 Å². The highest BCUT2D eigenvalue weighted by Gasteiger charge is 2.30. The summed E-state index contributed by atoms with van der Waals surface area (Å²) >= 11 is 0. The first-order chi connectivity index (χ1) is 21.7. The van der Waals surface area contributed by atoms with Gasteiger partial charge in [-0.25, -0.2) is 13.8 Å². The first-order valence-electron chi connectivity index (χ1n) is 14.8. The van der Waals surface area contributed by atoms with Crippen LogP contribution in [0.1, 0.15) is 47.2 Å². The number of aromatic nitrogens is 3. The van der Waals surface area contributed by atoms with E-state index in [0.717, 1.165) is 70.3 Å². The molecule has 9 nitrogen and oxygen atoms in total. The van der Waals surface area contributed by atoms with Crippen LogP contribution in [-0.4, -0.2) is 44.4 Å². The molecular weight excluding hydrogens is 580 g/mol. The maximum atomic E-state index is 13.7. The van der Waals surface area contributed by atoms with Crippen molar-refractivity contribution < 1.29 is 23.1 Å². The van der Waals surface area contributed by atoms with Crippen molar-refractivity contribution in [3.8, 4) is 16.9 Å². The zero-order valence-electron chi connectivity index (χ0n) is 24.6. The molecule has 0 atom stereocenters. The smallest absolute Gasteiger partial charge is 0.263 e. The SMILES string of the molecule is C[N+](=O)C1CCC(Oc2cc(CNC(=O)c3cccn(Cc4ccc(F)c(F)c4)c3=O)cc(-c3c[nH]c4ncccc34)c2)CC1. The van der Waals surface area contributed by atoms with E-state index in [9.17, 15) is 23.3 Å². The van der Waals surface area contributed by atoms with Crippen LogP contribution < -0.4 is 15.6 Å². The lowest BCUT2D eigenvalue weighted by Crippen LogP contribution is -2.32. The van der Waals surface area contributed by atoms with Crippen LogP contribution in [0.4, 0.5) is 8.78 Å². The largest absolute Gasteiger partial charge is 0.490 e. The van der Waals surface area contributed by atoms with Crippen LogP contribution in [0, 0.1) is 16.5 Å². The van der Waals surface area contributed by atoms with Gasteiger partial charge in [-0.3, -0.25) is 9.59 Å². The molecule has 2 N–H and O–H groups in total. The minimum atomic E-state index is -1.01. The fraction of sp³-hybridized carbons (Fsp3) is 0.265. The number of halogens is 2. The lowest BCUT2D eigenvalue weighted by Gasteiger charge is -2.25. The monoisotopic (exact) mass is 612 g/mol. The highest BCUT2D eigenvalue weighted by atomic mass is 19.2. The predicted octanol–water partition coefficient (Wildman–Crippen LogP) is 5.75. The first kappa shape index (κ1) is 29.9. The molecular formula is C34H32F2N5O4+. The van der Waals surface area contributed by atoms with E-state index < -0.39 is 23.1 Å². The zero-order valence-corrected chi connectivity index (χ0v) is 24.6. The van der Waals surface area contributed by atoms with E-state index in [1.165, 1.54) is 22.9 Å². The highest BCUT2D eigenvalue weighted by Crippen LogP contribution is 2.33. The van der Waals surface area contributed by atoms with Gasteiger partial charge in [0.1, 0.15) is 17.0 Å². The van der Waals surface area contributed by atoms with Crippen LogP contribution in [0.3, 0.4) is 0 Å². The Balaban J connectivity index is 1.23. The number of rotatable bonds is 9. The molecule has 0 spiro atoms. The Labute approximate surface area is 257 Å². The van der Waals surface area contributed by atoms with E-state index >= 15 is 0 Å². The number of nitrogens with one attached hydrogen (secondary N) is 2. The van der Waals surface area contributed by atoms with Gasteiger partial charge in [-0.05, 0) is 88.9 Å². The van der Waals surface area contributed by atoms with E-state index in [2.05, 4.69) is 15.3 Å². The van der Waals surface area contributed by atoms with Gasteiger partial charge in [0.15, 0.2) is 18.7 Å². The number of carbonyl (C=O) groups excluding carboxylic acids is 1. The Morgan fingerprint density at radius 3 is 2.64 bits per heavy atom. The third-order valence-electron chi connectivity index (χ3n) is 8.24. The van der Waals surface area contributed by atoms with Crippen molar-refractivity contribution in [3.05, 3.63) is 123 Å². The highest BCUT2D eigenvalue weighted by molar-refractivity contribution is 5.94. The summed E-state index contributed by atoms with van der Waals surface area (Å²) in [5.41, 5.74) is 3.07. The number of carbonyl (C=O) groups is 1. The molecule has 6 rings (SSSR count). The number of fused-ring (bicyclic) bond motifs is 1. The number of hydrogen-bond donors (Lipinski definition) is 2. The minimum absolute atomic E-state index is 0.0000983. The predicted molar refractivity (Wildman–Crippen MR) is 165 cm³/mol. The molecule has 2 aromatic carbocycles. The molecule has 1 aliphatic rings. The maximum Gasteiger partial charge on any atom is 0.263 e. The number of benzene rings is 2. The Kier molecular flexibility index (Phi) is 8.50. The van der Waals surface area contributed by atoms with Crippen molar-refractivity contribution in [2.24, 2.45) is 0 Å². The molecule has 0 bridgehead atoms. The summed E-state index contributed by atoms with van der Waals surface area (Å²) in [7, 11) is 1.56. The van der Waals surface area contributed by atoms with Crippen molar-refractivity contribution in [2.75, 3.05) is 7.05 Å². The molecule has 0 saturated heterocycles. The van der Waals surface area contributed by atoms with Gasteiger partial charge in [-0.2, -0.15) is 0 Å². The number of hydrogen-bond acceptors (Lipinski definition) is 5. The van der Waals surface area contributed by atoms with E-state index in [1.54, 1.807) is 19.3 Å². The van der Waals surface area contributed by atoms with Crippen molar-refractivity contribution in [2.45, 2.75) is 50.9 Å². The van der Waals surface area contributed by atoms with E-state index in [1.807, 2.05) is 36.5 Å². The summed E-state index contributed by atoms with van der Waals surface area (Å²) < 4.78 is 35.8. The molecule has 5 aromatic rings. The average molecular weight is 613 g/mol. The van der Waals surface area contributed by atoms with Crippen LogP contribution >= 0.6 is 0 Å². The van der Waals surface area contributed by atoms with Gasteiger partial charge in [0.2, 0.25) is 6.04 Å². The van der Waals surface area contributed by atoms with E-state index in [0.29, 0.717) is 11.3 Å². The molecule has 11 heteroatoms. The Morgan fingerprint density at radius 1 is 1.04 bits per heavy atom. The van der Waals surface area contributed by atoms with Crippen molar-refractivity contribution in [1.82, 2.24) is 19.9 Å². The van der Waals surface area contributed by atoms with Gasteiger partial charge in [-0.15, -0.1) is 0 Å². The Morgan fingerprint density at radius 2 is 1.87 bits per heavy atom.